The van der Waals surface area contributed by atoms with E-state index in [0.29, 0.717) is 0 Å². The van der Waals surface area contributed by atoms with Crippen molar-refractivity contribution in [3.8, 4) is 0 Å². The van der Waals surface area contributed by atoms with E-state index in [9.17, 15) is 0 Å². The average Bonchev–Trinajstić information content (AvgIpc) is 0. The summed E-state index contributed by atoms with van der Waals surface area (Å²) in [7, 11) is 0. The summed E-state index contributed by atoms with van der Waals surface area (Å²) in [5, 5.41) is 0. The molecule has 28 heavy (non-hydrogen) atoms. The summed E-state index contributed by atoms with van der Waals surface area (Å²) >= 11 is 0. The van der Waals surface area contributed by atoms with E-state index in [4.69, 9.17) is 0 Å². The van der Waals surface area contributed by atoms with Gasteiger partial charge in [-0.05, 0) is 0 Å². The Kier molecular flexibility index (Phi) is 2060. The fraction of sp³-hybridized carbons (Fsp3) is 0.125. The van der Waals surface area contributed by atoms with Crippen LogP contribution in [0.5, 0.6) is 0 Å². The van der Waals surface area contributed by atoms with E-state index >= 15 is 0 Å². The molecule has 0 aliphatic carbocycles. The second-order valence-corrected chi connectivity index (χ2v) is 0. The van der Waals surface area contributed by atoms with Crippen molar-refractivity contribution in [2.75, 3.05) is 0 Å². The van der Waals surface area contributed by atoms with Gasteiger partial charge in [0.1, 0.15) is 0 Å². The summed E-state index contributed by atoms with van der Waals surface area (Å²) in [6.45, 7) is 0. The van der Waals surface area contributed by atoms with Crippen molar-refractivity contribution < 1.29 is 654 Å². The zero-order chi connectivity index (χ0) is 0. The summed E-state index contributed by atoms with van der Waals surface area (Å²) < 4.78 is 0. The smallest absolute Gasteiger partial charge is 0 e. The zero-order valence-electron chi connectivity index (χ0n) is 18.5. The van der Waals surface area contributed by atoms with Gasteiger partial charge in [0.25, 0.3) is 0 Å². The molecule has 0 fully saturated rings. The van der Waals surface area contributed by atoms with Crippen molar-refractivity contribution in [3.63, 3.8) is 0 Å². The minimum Gasteiger partial charge on any atom is -0.358 e. The molecule has 0 saturated carbocycles. The second kappa shape index (κ2) is 233. The molecule has 0 unspecified atom stereocenters. The Balaban J connectivity index is 0. The van der Waals surface area contributed by atoms with Crippen LogP contribution in [0.4, 0.5) is 0 Å². The fourth-order valence-electron chi connectivity index (χ4n) is 0. The third-order valence-corrected chi connectivity index (χ3v) is 0. The van der Waals surface area contributed by atoms with Gasteiger partial charge in [0.2, 0.25) is 0 Å². The predicted molar refractivity (Wildman–Crippen MR) is 51.6 cm³/mol. The minimum atomic E-state index is 0. The van der Waals surface area contributed by atoms with Crippen molar-refractivity contribution in [2.24, 2.45) is 0 Å². The Morgan fingerprint density at radius 2 is 0.107 bits per heavy atom. The molecule has 20 heteroatoms. The van der Waals surface area contributed by atoms with Gasteiger partial charge in [-0.3, -0.25) is 0 Å². The first-order valence-corrected chi connectivity index (χ1v) is 0. The molecule has 0 amide bonds. The van der Waals surface area contributed by atoms with Crippen LogP contribution in [0, 0.1) is 52.0 Å². The molecule has 0 aromatic rings. The molecule has 124 valence electrons. The van der Waals surface area contributed by atoms with Gasteiger partial charge in [-0.1, -0.05) is 7.43 Å². The second-order valence-electron chi connectivity index (χ2n) is 0. The van der Waals surface area contributed by atoms with Gasteiger partial charge < -0.3 is 52.0 Å². The summed E-state index contributed by atoms with van der Waals surface area (Å²) in [5.41, 5.74) is 0. The quantitative estimate of drug-likeness (QED) is 0.325. The van der Waals surface area contributed by atoms with Gasteiger partial charge in [0.15, 0.2) is 0 Å². The maximum atomic E-state index is 0. The van der Waals surface area contributed by atoms with Crippen LogP contribution in [0.25, 0.3) is 0 Å². The van der Waals surface area contributed by atoms with Crippen LogP contribution >= 0.6 is 0 Å². The molecule has 0 aromatic carbocycles. The molecule has 0 rings (SSSR count). The van der Waals surface area contributed by atoms with E-state index in [2.05, 4.69) is 0 Å². The van der Waals surface area contributed by atoms with E-state index in [1.807, 2.05) is 0 Å². The Morgan fingerprint density at radius 3 is 0.107 bits per heavy atom. The van der Waals surface area contributed by atoms with Gasteiger partial charge in [-0.15, -0.1) is 0 Å². The number of rotatable bonds is 0. The third-order valence-electron chi connectivity index (χ3n) is 0. The first-order valence-electron chi connectivity index (χ1n) is 0. The molecule has 0 atom stereocenters. The minimum absolute atomic E-state index is 0. The maximum absolute atomic E-state index is 0. The van der Waals surface area contributed by atoms with Crippen molar-refractivity contribution in [2.45, 2.75) is 7.43 Å². The van der Waals surface area contributed by atoms with Crippen LogP contribution in [0.3, 0.4) is 0 Å². The van der Waals surface area contributed by atoms with E-state index < -0.39 is 0 Å². The normalized spacial score (nSPS) is 0. The molecular formula is C8H25Y20-7. The van der Waals surface area contributed by atoms with Gasteiger partial charge >= 0.3 is 0 Å². The monoisotopic (exact) mass is 1900 g/mol. The van der Waals surface area contributed by atoms with E-state index in [0.717, 1.165) is 0 Å². The Labute approximate surface area is 688 Å². The van der Waals surface area contributed by atoms with Crippen LogP contribution in [0.2, 0.25) is 0 Å². The van der Waals surface area contributed by atoms with Gasteiger partial charge in [0, 0.05) is 654 Å². The SMILES string of the molecule is C.[CH3-].[CH3-].[CH3-].[CH3-].[CH3-].[CH3-].[CH3-].[Y].[Y].[Y].[Y].[Y].[Y].[Y].[Y].[Y].[Y].[Y].[Y].[Y].[Y].[Y].[Y].[Y].[Y].[Y].[Y]. The molecule has 0 aliphatic heterocycles. The molecule has 0 bridgehead atoms. The molecule has 0 aromatic heterocycles. The largest absolute Gasteiger partial charge is 0.358 e. The van der Waals surface area contributed by atoms with Crippen LogP contribution < -0.4 is 0 Å². The van der Waals surface area contributed by atoms with Crippen molar-refractivity contribution in [1.29, 1.82) is 0 Å². The van der Waals surface area contributed by atoms with Crippen LogP contribution in [0.15, 0.2) is 0 Å². The van der Waals surface area contributed by atoms with E-state index in [-0.39, 0.29) is 714 Å². The number of hydrogen-bond donors (Lipinski definition) is 0. The number of hydrogen-bond acceptors (Lipinski definition) is 0. The van der Waals surface area contributed by atoms with Crippen LogP contribution in [0.1, 0.15) is 7.43 Å². The summed E-state index contributed by atoms with van der Waals surface area (Å²) in [6.07, 6.45) is 0. The standard InChI is InChI=1S/CH4.7CH3.20Y/h1H4;7*1H3;;;;;;;;;;;;;;;;;;;;/q;7*-1;;;;;;;;;;;;;;;;;;;;. The molecule has 0 spiro atoms. The maximum Gasteiger partial charge on any atom is 0 e. The van der Waals surface area contributed by atoms with Crippen molar-refractivity contribution >= 4 is 0 Å². The Bertz CT molecular complexity index is 24.2. The summed E-state index contributed by atoms with van der Waals surface area (Å²) in [5.74, 6) is 0. The third kappa shape index (κ3) is 219. The van der Waals surface area contributed by atoms with Gasteiger partial charge in [0.05, 0.1) is 0 Å². The fourth-order valence-corrected chi connectivity index (χ4v) is 0. The molecule has 0 N–H and O–H groups in total. The molecule has 0 heterocycles. The summed E-state index contributed by atoms with van der Waals surface area (Å²) in [6, 6.07) is 0. The first-order chi connectivity index (χ1) is 0. The van der Waals surface area contributed by atoms with Crippen molar-refractivity contribution in [3.05, 3.63) is 52.0 Å². The predicted octanol–water partition coefficient (Wildman–Crippen LogP) is 3.74. The van der Waals surface area contributed by atoms with Gasteiger partial charge in [-0.2, -0.15) is 0 Å². The Morgan fingerprint density at radius 1 is 0.107 bits per heavy atom. The first kappa shape index (κ1) is 247. The van der Waals surface area contributed by atoms with E-state index in [1.54, 1.807) is 0 Å². The summed E-state index contributed by atoms with van der Waals surface area (Å²) in [4.78, 5) is 0. The van der Waals surface area contributed by atoms with Crippen molar-refractivity contribution in [1.82, 2.24) is 0 Å². The zero-order valence-corrected chi connectivity index (χ0v) is 75.3. The Hall–Kier alpha value is 22.1. The topological polar surface area (TPSA) is 0 Å². The van der Waals surface area contributed by atoms with Gasteiger partial charge in [-0.25, -0.2) is 0 Å². The van der Waals surface area contributed by atoms with E-state index in [1.165, 1.54) is 0 Å². The molecule has 0 saturated heterocycles. The molecule has 20 radical (unpaired) electrons. The van der Waals surface area contributed by atoms with Crippen LogP contribution in [-0.4, -0.2) is 0 Å². The molecule has 0 aliphatic rings. The molecular weight excluding hydrogens is 1870 g/mol. The van der Waals surface area contributed by atoms with Crippen LogP contribution in [-0.2, 0) is 654 Å². The molecule has 0 nitrogen and oxygen atoms in total. The average molecular weight is 1900 g/mol.